The Balaban J connectivity index is 1.55. The van der Waals surface area contributed by atoms with Crippen molar-refractivity contribution in [3.63, 3.8) is 0 Å². The first-order chi connectivity index (χ1) is 16.3. The Morgan fingerprint density at radius 3 is 2.71 bits per heavy atom. The summed E-state index contributed by atoms with van der Waals surface area (Å²) in [6.07, 6.45) is 0.647. The molecule has 0 aliphatic carbocycles. The number of rotatable bonds is 7. The van der Waals surface area contributed by atoms with Crippen molar-refractivity contribution in [1.29, 1.82) is 0 Å². The van der Waals surface area contributed by atoms with E-state index in [2.05, 4.69) is 10.7 Å². The Morgan fingerprint density at radius 1 is 1.26 bits per heavy atom. The van der Waals surface area contributed by atoms with Gasteiger partial charge in [0.1, 0.15) is 23.2 Å². The number of halogens is 2. The van der Waals surface area contributed by atoms with E-state index in [1.807, 2.05) is 0 Å². The molecule has 2 aliphatic heterocycles. The van der Waals surface area contributed by atoms with Crippen molar-refractivity contribution in [2.24, 2.45) is 11.5 Å². The SMILES string of the molecule is COc1ccccc1C(=O)NCc1cc(F)c(C2NN(C3CCOC3)C(N)=C2C(N)=O)cc1F. The molecule has 34 heavy (non-hydrogen) atoms. The molecule has 0 aromatic heterocycles. The molecule has 2 heterocycles. The van der Waals surface area contributed by atoms with E-state index in [0.29, 0.717) is 25.4 Å². The van der Waals surface area contributed by atoms with E-state index in [0.717, 1.165) is 12.1 Å². The number of benzene rings is 2. The summed E-state index contributed by atoms with van der Waals surface area (Å²) in [5.74, 6) is -2.47. The lowest BCUT2D eigenvalue weighted by molar-refractivity contribution is -0.114. The molecule has 6 N–H and O–H groups in total. The van der Waals surface area contributed by atoms with Crippen molar-refractivity contribution < 1.29 is 27.8 Å². The minimum Gasteiger partial charge on any atom is -0.496 e. The van der Waals surface area contributed by atoms with Gasteiger partial charge < -0.3 is 26.3 Å². The van der Waals surface area contributed by atoms with E-state index < -0.39 is 29.5 Å². The fraction of sp³-hybridized carbons (Fsp3) is 0.304. The first-order valence-electron chi connectivity index (χ1n) is 10.6. The summed E-state index contributed by atoms with van der Waals surface area (Å²) in [4.78, 5) is 24.6. The van der Waals surface area contributed by atoms with Gasteiger partial charge in [-0.15, -0.1) is 0 Å². The number of hydrogen-bond donors (Lipinski definition) is 4. The minimum absolute atomic E-state index is 0.0533. The Labute approximate surface area is 194 Å². The minimum atomic E-state index is -1.06. The molecule has 2 aliphatic rings. The summed E-state index contributed by atoms with van der Waals surface area (Å²) < 4.78 is 40.6. The zero-order valence-electron chi connectivity index (χ0n) is 18.4. The zero-order chi connectivity index (χ0) is 24.4. The number of hydrazine groups is 1. The van der Waals surface area contributed by atoms with E-state index in [1.165, 1.54) is 12.1 Å². The average Bonchev–Trinajstić information content (AvgIpc) is 3.46. The van der Waals surface area contributed by atoms with Crippen LogP contribution in [0.5, 0.6) is 5.75 Å². The quantitative estimate of drug-likeness (QED) is 0.475. The highest BCUT2D eigenvalue weighted by Crippen LogP contribution is 2.34. The number of primary amides is 1. The molecular weight excluding hydrogens is 448 g/mol. The van der Waals surface area contributed by atoms with Gasteiger partial charge in [0, 0.05) is 24.3 Å². The number of hydrogen-bond acceptors (Lipinski definition) is 7. The van der Waals surface area contributed by atoms with Gasteiger partial charge in [0.15, 0.2) is 0 Å². The molecule has 1 fully saturated rings. The first kappa shape index (κ1) is 23.5. The molecule has 2 unspecified atom stereocenters. The van der Waals surface area contributed by atoms with Crippen LogP contribution in [0.25, 0.3) is 0 Å². The van der Waals surface area contributed by atoms with E-state index in [-0.39, 0.29) is 40.7 Å². The molecule has 2 aromatic rings. The Bertz CT molecular complexity index is 1150. The van der Waals surface area contributed by atoms with Crippen LogP contribution in [-0.4, -0.2) is 43.2 Å². The molecule has 0 bridgehead atoms. The molecule has 2 amide bonds. The van der Waals surface area contributed by atoms with Crippen molar-refractivity contribution in [1.82, 2.24) is 15.8 Å². The summed E-state index contributed by atoms with van der Waals surface area (Å²) in [5.41, 5.74) is 14.6. The van der Waals surface area contributed by atoms with E-state index >= 15 is 4.39 Å². The Kier molecular flexibility index (Phi) is 6.66. The highest BCUT2D eigenvalue weighted by molar-refractivity contribution is 5.97. The average molecular weight is 473 g/mol. The van der Waals surface area contributed by atoms with Crippen molar-refractivity contribution in [3.05, 3.63) is 76.1 Å². The number of ether oxygens (including phenoxy) is 2. The molecule has 9 nitrogen and oxygen atoms in total. The maximum atomic E-state index is 15.1. The largest absolute Gasteiger partial charge is 0.496 e. The Hall–Kier alpha value is -3.70. The van der Waals surface area contributed by atoms with Crippen LogP contribution in [0.1, 0.15) is 33.9 Å². The second kappa shape index (κ2) is 9.65. The van der Waals surface area contributed by atoms with Crippen LogP contribution in [0.2, 0.25) is 0 Å². The maximum absolute atomic E-state index is 15.1. The van der Waals surface area contributed by atoms with E-state index in [4.69, 9.17) is 20.9 Å². The van der Waals surface area contributed by atoms with Crippen LogP contribution < -0.4 is 26.9 Å². The van der Waals surface area contributed by atoms with Crippen LogP contribution in [0.3, 0.4) is 0 Å². The lowest BCUT2D eigenvalue weighted by Crippen LogP contribution is -2.44. The topological polar surface area (TPSA) is 132 Å². The summed E-state index contributed by atoms with van der Waals surface area (Å²) in [7, 11) is 1.43. The van der Waals surface area contributed by atoms with Crippen LogP contribution in [0.4, 0.5) is 8.78 Å². The molecule has 0 radical (unpaired) electrons. The highest BCUT2D eigenvalue weighted by Gasteiger charge is 2.39. The number of nitrogens with one attached hydrogen (secondary N) is 2. The summed E-state index contributed by atoms with van der Waals surface area (Å²) in [6, 6.07) is 7.27. The Morgan fingerprint density at radius 2 is 2.03 bits per heavy atom. The number of nitrogens with two attached hydrogens (primary N) is 2. The lowest BCUT2D eigenvalue weighted by atomic mass is 9.97. The second-order valence-electron chi connectivity index (χ2n) is 7.96. The smallest absolute Gasteiger partial charge is 0.255 e. The van der Waals surface area contributed by atoms with Gasteiger partial charge in [-0.25, -0.2) is 14.2 Å². The van der Waals surface area contributed by atoms with Gasteiger partial charge in [0.25, 0.3) is 5.91 Å². The number of carbonyl (C=O) groups excluding carboxylic acids is 2. The maximum Gasteiger partial charge on any atom is 0.255 e. The summed E-state index contributed by atoms with van der Waals surface area (Å²) in [6.45, 7) is 0.628. The fourth-order valence-corrected chi connectivity index (χ4v) is 4.14. The number of nitrogens with zero attached hydrogens (tertiary/aromatic N) is 1. The fourth-order valence-electron chi connectivity index (χ4n) is 4.14. The molecule has 0 spiro atoms. The van der Waals surface area contributed by atoms with E-state index in [9.17, 15) is 14.0 Å². The van der Waals surface area contributed by atoms with Gasteiger partial charge >= 0.3 is 0 Å². The second-order valence-corrected chi connectivity index (χ2v) is 7.96. The standard InChI is InChI=1S/C23H25F2N5O4/c1-33-18-5-3-2-4-14(18)23(32)28-10-12-8-17(25)15(9-16(12)24)20-19(22(27)31)21(26)30(29-20)13-6-7-34-11-13/h2-5,8-9,13,20,29H,6-7,10-11,26H2,1H3,(H2,27,31)(H,28,32). The van der Waals surface area contributed by atoms with Crippen LogP contribution >= 0.6 is 0 Å². The third-order valence-corrected chi connectivity index (χ3v) is 5.90. The number of carbonyl (C=O) groups is 2. The number of para-hydroxylation sites is 1. The first-order valence-corrected chi connectivity index (χ1v) is 10.6. The lowest BCUT2D eigenvalue weighted by Gasteiger charge is -2.27. The van der Waals surface area contributed by atoms with Gasteiger partial charge in [-0.1, -0.05) is 12.1 Å². The number of methoxy groups -OCH3 is 1. The van der Waals surface area contributed by atoms with Crippen LogP contribution in [0.15, 0.2) is 47.8 Å². The van der Waals surface area contributed by atoms with Crippen LogP contribution in [0, 0.1) is 11.6 Å². The third kappa shape index (κ3) is 4.39. The van der Waals surface area contributed by atoms with Gasteiger partial charge in [0.2, 0.25) is 5.91 Å². The highest BCUT2D eigenvalue weighted by atomic mass is 19.1. The normalized spacial score (nSPS) is 20.0. The van der Waals surface area contributed by atoms with Crippen molar-refractivity contribution in [3.8, 4) is 5.75 Å². The zero-order valence-corrected chi connectivity index (χ0v) is 18.4. The molecule has 4 rings (SSSR count). The van der Waals surface area contributed by atoms with Gasteiger partial charge in [0.05, 0.1) is 36.9 Å². The number of amides is 2. The van der Waals surface area contributed by atoms with Gasteiger partial charge in [-0.2, -0.15) is 0 Å². The third-order valence-electron chi connectivity index (χ3n) is 5.90. The molecule has 1 saturated heterocycles. The molecular formula is C23H25F2N5O4. The van der Waals surface area contributed by atoms with Crippen molar-refractivity contribution in [2.75, 3.05) is 20.3 Å². The van der Waals surface area contributed by atoms with Crippen molar-refractivity contribution >= 4 is 11.8 Å². The predicted octanol–water partition coefficient (Wildman–Crippen LogP) is 1.21. The monoisotopic (exact) mass is 473 g/mol. The van der Waals surface area contributed by atoms with E-state index in [1.54, 1.807) is 24.3 Å². The predicted molar refractivity (Wildman–Crippen MR) is 118 cm³/mol. The van der Waals surface area contributed by atoms with Gasteiger partial charge in [-0.3, -0.25) is 14.6 Å². The molecule has 11 heteroatoms. The summed E-state index contributed by atoms with van der Waals surface area (Å²) in [5, 5.41) is 4.08. The molecule has 180 valence electrons. The van der Waals surface area contributed by atoms with Gasteiger partial charge in [-0.05, 0) is 30.7 Å². The summed E-state index contributed by atoms with van der Waals surface area (Å²) >= 11 is 0. The molecule has 2 atom stereocenters. The molecule has 2 aromatic carbocycles. The molecule has 0 saturated carbocycles. The van der Waals surface area contributed by atoms with Crippen LogP contribution in [-0.2, 0) is 16.1 Å². The van der Waals surface area contributed by atoms with Crippen molar-refractivity contribution in [2.45, 2.75) is 25.0 Å².